The minimum Gasteiger partial charge on any atom is -0.489 e. The summed E-state index contributed by atoms with van der Waals surface area (Å²) in [5.74, 6) is -2.48. The molecule has 4 aromatic rings. The number of hydrogen-bond acceptors (Lipinski definition) is 6. The molecule has 0 fully saturated rings. The van der Waals surface area contributed by atoms with Gasteiger partial charge in [-0.15, -0.1) is 0 Å². The number of pyridine rings is 1. The highest BCUT2D eigenvalue weighted by atomic mass is 19.2. The molecule has 0 saturated heterocycles. The van der Waals surface area contributed by atoms with E-state index < -0.39 is 28.7 Å². The number of ether oxygens (including phenoxy) is 2. The van der Waals surface area contributed by atoms with Crippen LogP contribution < -0.4 is 4.74 Å². The third-order valence-corrected chi connectivity index (χ3v) is 8.14. The molecule has 44 heavy (non-hydrogen) atoms. The summed E-state index contributed by atoms with van der Waals surface area (Å²) in [6, 6.07) is 6.17. The Kier molecular flexibility index (Phi) is 7.80. The Morgan fingerprint density at radius 1 is 1.07 bits per heavy atom. The molecule has 9 nitrogen and oxygen atoms in total. The average Bonchev–Trinajstić information content (AvgIpc) is 3.36. The monoisotopic (exact) mass is 607 g/mol. The first-order valence-corrected chi connectivity index (χ1v) is 14.6. The number of imidazole rings is 1. The molecule has 1 amide bonds. The molecule has 234 valence electrons. The van der Waals surface area contributed by atoms with Gasteiger partial charge in [0.1, 0.15) is 11.3 Å². The number of aromatic nitrogens is 4. The largest absolute Gasteiger partial charge is 0.489 e. The number of Topliss-reactive ketones (excluding diaryl/α,β-unsaturated/α-hetero) is 1. The molecule has 1 atom stereocenters. The SMILES string of the molecule is COC(=O)N(CC1c2nc3ccc(-c4ccc(F)c(F)c4OCCc4c(C(=O)C(C)(C)C)nn(C)c4C)cn3c21)C(C)(C)C. The van der Waals surface area contributed by atoms with E-state index >= 15 is 4.39 Å². The number of carbonyl (C=O) groups is 2. The molecule has 5 rings (SSSR count). The number of hydrogen-bond donors (Lipinski definition) is 0. The van der Waals surface area contributed by atoms with Gasteiger partial charge in [0.2, 0.25) is 5.82 Å². The molecule has 1 aliphatic rings. The fourth-order valence-electron chi connectivity index (χ4n) is 5.46. The number of amides is 1. The molecule has 1 aromatic carbocycles. The van der Waals surface area contributed by atoms with Crippen molar-refractivity contribution >= 4 is 17.5 Å². The second kappa shape index (κ2) is 11.0. The molecular weight excluding hydrogens is 568 g/mol. The molecule has 0 saturated carbocycles. The number of ketones is 1. The number of nitrogens with zero attached hydrogens (tertiary/aromatic N) is 5. The van der Waals surface area contributed by atoms with Crippen molar-refractivity contribution in [1.82, 2.24) is 24.1 Å². The highest BCUT2D eigenvalue weighted by Crippen LogP contribution is 2.45. The van der Waals surface area contributed by atoms with Crippen molar-refractivity contribution in [2.24, 2.45) is 12.5 Å². The molecule has 0 radical (unpaired) electrons. The highest BCUT2D eigenvalue weighted by molar-refractivity contribution is 5.99. The van der Waals surface area contributed by atoms with E-state index in [-0.39, 0.29) is 30.5 Å². The average molecular weight is 608 g/mol. The molecule has 0 spiro atoms. The minimum absolute atomic E-state index is 0.00525. The number of rotatable bonds is 8. The van der Waals surface area contributed by atoms with Gasteiger partial charge in [-0.2, -0.15) is 9.49 Å². The zero-order valence-electron chi connectivity index (χ0n) is 26.7. The van der Waals surface area contributed by atoms with Gasteiger partial charge in [0, 0.05) is 59.5 Å². The summed E-state index contributed by atoms with van der Waals surface area (Å²) in [7, 11) is 3.13. The van der Waals surface area contributed by atoms with Crippen LogP contribution in [0, 0.1) is 24.0 Å². The van der Waals surface area contributed by atoms with Gasteiger partial charge in [0.25, 0.3) is 0 Å². The fourth-order valence-corrected chi connectivity index (χ4v) is 5.46. The first-order chi connectivity index (χ1) is 20.5. The number of fused-ring (bicyclic) bond motifs is 3. The first kappa shape index (κ1) is 31.2. The van der Waals surface area contributed by atoms with Crippen LogP contribution in [-0.2, 0) is 18.2 Å². The molecule has 0 N–H and O–H groups in total. The molecule has 3 aromatic heterocycles. The van der Waals surface area contributed by atoms with Gasteiger partial charge in [-0.25, -0.2) is 14.2 Å². The van der Waals surface area contributed by atoms with Crippen LogP contribution >= 0.6 is 0 Å². The second-order valence-corrected chi connectivity index (χ2v) is 13.3. The van der Waals surface area contributed by atoms with E-state index in [9.17, 15) is 14.0 Å². The Morgan fingerprint density at radius 2 is 1.77 bits per heavy atom. The molecule has 11 heteroatoms. The van der Waals surface area contributed by atoms with Crippen molar-refractivity contribution in [1.29, 1.82) is 0 Å². The van der Waals surface area contributed by atoms with Crippen molar-refractivity contribution in [2.45, 2.75) is 66.3 Å². The Morgan fingerprint density at radius 3 is 2.41 bits per heavy atom. The minimum atomic E-state index is -1.09. The van der Waals surface area contributed by atoms with Gasteiger partial charge in [-0.1, -0.05) is 20.8 Å². The standard InChI is InChI=1S/C33H39F2N5O4/c1-18-20(27(37-38(18)8)30(41)32(2,3)4)14-15-44-29-21(11-12-23(34)25(29)35)19-10-13-24-36-26-22(28(26)39(24)16-19)17-40(31(42)43-9)33(5,6)7/h10-13,16,22H,14-15,17H2,1-9H3. The normalized spacial score (nSPS) is 14.5. The zero-order chi connectivity index (χ0) is 32.3. The Hall–Kier alpha value is -4.28. The van der Waals surface area contributed by atoms with Crippen molar-refractivity contribution in [3.05, 3.63) is 70.4 Å². The lowest BCUT2D eigenvalue weighted by molar-refractivity contribution is 0.0832. The summed E-state index contributed by atoms with van der Waals surface area (Å²) < 4.78 is 44.2. The van der Waals surface area contributed by atoms with E-state index in [0.29, 0.717) is 29.0 Å². The molecule has 1 unspecified atom stereocenters. The smallest absolute Gasteiger partial charge is 0.409 e. The lowest BCUT2D eigenvalue weighted by atomic mass is 9.87. The summed E-state index contributed by atoms with van der Waals surface area (Å²) in [5, 5.41) is 4.43. The molecular formula is C33H39F2N5O4. The van der Waals surface area contributed by atoms with E-state index in [1.54, 1.807) is 22.7 Å². The van der Waals surface area contributed by atoms with E-state index in [1.165, 1.54) is 13.2 Å². The Balaban J connectivity index is 1.42. The number of benzene rings is 1. The van der Waals surface area contributed by atoms with Gasteiger partial charge in [0.15, 0.2) is 17.3 Å². The number of methoxy groups -OCH3 is 1. The maximum atomic E-state index is 15.3. The van der Waals surface area contributed by atoms with Crippen LogP contribution in [0.2, 0.25) is 0 Å². The Bertz CT molecular complexity index is 1780. The first-order valence-electron chi connectivity index (χ1n) is 14.6. The molecule has 0 aliphatic heterocycles. The number of halogens is 2. The number of aryl methyl sites for hydroxylation is 1. The summed E-state index contributed by atoms with van der Waals surface area (Å²) in [5.41, 5.74) is 4.34. The van der Waals surface area contributed by atoms with Crippen LogP contribution in [0.5, 0.6) is 5.75 Å². The lowest BCUT2D eigenvalue weighted by Gasteiger charge is -2.34. The van der Waals surface area contributed by atoms with Gasteiger partial charge in [-0.05, 0) is 52.0 Å². The van der Waals surface area contributed by atoms with E-state index in [1.807, 2.05) is 65.1 Å². The predicted octanol–water partition coefficient (Wildman–Crippen LogP) is 6.48. The maximum Gasteiger partial charge on any atom is 0.409 e. The molecule has 0 bridgehead atoms. The topological polar surface area (TPSA) is 91.0 Å². The molecule has 1 aliphatic carbocycles. The van der Waals surface area contributed by atoms with Crippen molar-refractivity contribution < 1.29 is 27.8 Å². The summed E-state index contributed by atoms with van der Waals surface area (Å²) in [6.45, 7) is 13.6. The Labute approximate surface area is 255 Å². The van der Waals surface area contributed by atoms with E-state index in [0.717, 1.165) is 28.7 Å². The van der Waals surface area contributed by atoms with Crippen LogP contribution in [-0.4, -0.2) is 61.7 Å². The van der Waals surface area contributed by atoms with Gasteiger partial charge < -0.3 is 18.8 Å². The third-order valence-electron chi connectivity index (χ3n) is 8.14. The zero-order valence-corrected chi connectivity index (χ0v) is 26.7. The van der Waals surface area contributed by atoms with Crippen LogP contribution in [0.15, 0.2) is 30.5 Å². The van der Waals surface area contributed by atoms with Gasteiger partial charge in [0.05, 0.1) is 31.0 Å². The van der Waals surface area contributed by atoms with Gasteiger partial charge >= 0.3 is 6.09 Å². The van der Waals surface area contributed by atoms with Gasteiger partial charge in [-0.3, -0.25) is 9.48 Å². The fraction of sp³-hybridized carbons (Fsp3) is 0.455. The summed E-state index contributed by atoms with van der Waals surface area (Å²) >= 11 is 0. The van der Waals surface area contributed by atoms with Crippen molar-refractivity contribution in [3.8, 4) is 16.9 Å². The summed E-state index contributed by atoms with van der Waals surface area (Å²) in [4.78, 5) is 31.9. The number of carbonyl (C=O) groups excluding carboxylic acids is 2. The summed E-state index contributed by atoms with van der Waals surface area (Å²) in [6.07, 6.45) is 1.69. The lowest BCUT2D eigenvalue weighted by Crippen LogP contribution is -2.46. The maximum absolute atomic E-state index is 15.3. The van der Waals surface area contributed by atoms with Crippen LogP contribution in [0.25, 0.3) is 16.8 Å². The van der Waals surface area contributed by atoms with Crippen LogP contribution in [0.1, 0.15) is 80.6 Å². The van der Waals surface area contributed by atoms with Crippen LogP contribution in [0.3, 0.4) is 0 Å². The second-order valence-electron chi connectivity index (χ2n) is 13.3. The van der Waals surface area contributed by atoms with Crippen molar-refractivity contribution in [2.75, 3.05) is 20.3 Å². The van der Waals surface area contributed by atoms with E-state index in [4.69, 9.17) is 14.5 Å². The van der Waals surface area contributed by atoms with Crippen molar-refractivity contribution in [3.63, 3.8) is 0 Å². The third kappa shape index (κ3) is 5.55. The highest BCUT2D eigenvalue weighted by Gasteiger charge is 2.44. The quantitative estimate of drug-likeness (QED) is 0.213. The predicted molar refractivity (Wildman–Crippen MR) is 162 cm³/mol. The van der Waals surface area contributed by atoms with E-state index in [2.05, 4.69) is 5.10 Å². The molecule has 3 heterocycles. The van der Waals surface area contributed by atoms with Crippen LogP contribution in [0.4, 0.5) is 13.6 Å².